The van der Waals surface area contributed by atoms with Gasteiger partial charge in [0.05, 0.1) is 27.1 Å². The Bertz CT molecular complexity index is 916. The number of rotatable bonds is 9. The van der Waals surface area contributed by atoms with E-state index in [0.29, 0.717) is 36.1 Å². The highest BCUT2D eigenvalue weighted by Gasteiger charge is 2.32. The van der Waals surface area contributed by atoms with Crippen LogP contribution in [0.15, 0.2) is 36.4 Å². The Morgan fingerprint density at radius 3 is 1.80 bits per heavy atom. The SMILES string of the molecule is COC(=O)CCN(CCC(=O)OC)CCN1C(=O)c2cccc3cccc(c23)C1=O. The van der Waals surface area contributed by atoms with Crippen LogP contribution in [0.25, 0.3) is 10.8 Å². The minimum atomic E-state index is -0.371. The maximum absolute atomic E-state index is 13.0. The Kier molecular flexibility index (Phi) is 6.79. The number of hydrogen-bond acceptors (Lipinski definition) is 7. The summed E-state index contributed by atoms with van der Waals surface area (Å²) < 4.78 is 9.34. The van der Waals surface area contributed by atoms with Crippen molar-refractivity contribution in [1.29, 1.82) is 0 Å². The van der Waals surface area contributed by atoms with Crippen molar-refractivity contribution in [2.75, 3.05) is 40.4 Å². The minimum Gasteiger partial charge on any atom is -0.469 e. The van der Waals surface area contributed by atoms with Crippen molar-refractivity contribution in [2.45, 2.75) is 12.8 Å². The van der Waals surface area contributed by atoms with E-state index in [1.165, 1.54) is 19.1 Å². The van der Waals surface area contributed by atoms with Crippen molar-refractivity contribution in [3.8, 4) is 0 Å². The lowest BCUT2D eigenvalue weighted by molar-refractivity contribution is -0.141. The first kappa shape index (κ1) is 21.4. The number of carbonyl (C=O) groups is 4. The third-order valence-corrected chi connectivity index (χ3v) is 5.22. The first-order chi connectivity index (χ1) is 14.5. The third-order valence-electron chi connectivity index (χ3n) is 5.22. The summed E-state index contributed by atoms with van der Waals surface area (Å²) in [7, 11) is 2.62. The molecule has 0 atom stereocenters. The van der Waals surface area contributed by atoms with Crippen LogP contribution in [-0.2, 0) is 19.1 Å². The van der Waals surface area contributed by atoms with Gasteiger partial charge in [-0.3, -0.25) is 24.1 Å². The summed E-state index contributed by atoms with van der Waals surface area (Å²) in [6, 6.07) is 10.8. The van der Waals surface area contributed by atoms with Gasteiger partial charge in [0.25, 0.3) is 11.8 Å². The van der Waals surface area contributed by atoms with Gasteiger partial charge in [0.1, 0.15) is 0 Å². The van der Waals surface area contributed by atoms with Gasteiger partial charge in [0, 0.05) is 42.7 Å². The fraction of sp³-hybridized carbons (Fsp3) is 0.364. The van der Waals surface area contributed by atoms with Crippen LogP contribution in [0, 0.1) is 0 Å². The number of hydrogen-bond donors (Lipinski definition) is 0. The van der Waals surface area contributed by atoms with Gasteiger partial charge in [-0.25, -0.2) is 0 Å². The summed E-state index contributed by atoms with van der Waals surface area (Å²) in [5.74, 6) is -1.43. The predicted octanol–water partition coefficient (Wildman–Crippen LogP) is 1.86. The van der Waals surface area contributed by atoms with E-state index in [0.717, 1.165) is 5.39 Å². The van der Waals surface area contributed by atoms with Gasteiger partial charge in [0.15, 0.2) is 0 Å². The predicted molar refractivity (Wildman–Crippen MR) is 109 cm³/mol. The Hall–Kier alpha value is -3.26. The van der Waals surface area contributed by atoms with E-state index in [2.05, 4.69) is 9.47 Å². The number of amides is 2. The smallest absolute Gasteiger partial charge is 0.306 e. The van der Waals surface area contributed by atoms with Gasteiger partial charge in [-0.05, 0) is 17.5 Å². The zero-order valence-corrected chi connectivity index (χ0v) is 17.1. The monoisotopic (exact) mass is 412 g/mol. The summed E-state index contributed by atoms with van der Waals surface area (Å²) >= 11 is 0. The molecular formula is C22H24N2O6. The fourth-order valence-corrected chi connectivity index (χ4v) is 3.56. The van der Waals surface area contributed by atoms with E-state index in [-0.39, 0.29) is 43.1 Å². The van der Waals surface area contributed by atoms with Gasteiger partial charge in [0.2, 0.25) is 0 Å². The molecule has 0 fully saturated rings. The number of benzene rings is 2. The minimum absolute atomic E-state index is 0.141. The normalized spacial score (nSPS) is 13.1. The molecule has 8 nitrogen and oxygen atoms in total. The molecule has 1 aliphatic heterocycles. The molecule has 0 saturated heterocycles. The maximum Gasteiger partial charge on any atom is 0.306 e. The van der Waals surface area contributed by atoms with Crippen molar-refractivity contribution >= 4 is 34.5 Å². The second-order valence-electron chi connectivity index (χ2n) is 6.97. The highest BCUT2D eigenvalue weighted by atomic mass is 16.5. The molecule has 0 radical (unpaired) electrons. The van der Waals surface area contributed by atoms with Crippen LogP contribution < -0.4 is 0 Å². The number of esters is 2. The van der Waals surface area contributed by atoms with Gasteiger partial charge >= 0.3 is 11.9 Å². The molecule has 158 valence electrons. The topological polar surface area (TPSA) is 93.2 Å². The summed E-state index contributed by atoms with van der Waals surface area (Å²) in [6.07, 6.45) is 0.281. The lowest BCUT2D eigenvalue weighted by atomic mass is 9.94. The molecule has 1 heterocycles. The molecule has 2 amide bonds. The van der Waals surface area contributed by atoms with E-state index in [1.54, 1.807) is 24.3 Å². The Morgan fingerprint density at radius 1 is 0.833 bits per heavy atom. The molecule has 8 heteroatoms. The van der Waals surface area contributed by atoms with Crippen molar-refractivity contribution in [1.82, 2.24) is 9.80 Å². The third kappa shape index (κ3) is 4.49. The van der Waals surface area contributed by atoms with Crippen LogP contribution in [0.3, 0.4) is 0 Å². The van der Waals surface area contributed by atoms with Gasteiger partial charge in [-0.2, -0.15) is 0 Å². The maximum atomic E-state index is 13.0. The molecular weight excluding hydrogens is 388 g/mol. The number of imide groups is 1. The van der Waals surface area contributed by atoms with Crippen molar-refractivity contribution < 1.29 is 28.7 Å². The number of methoxy groups -OCH3 is 2. The van der Waals surface area contributed by atoms with Crippen molar-refractivity contribution in [3.63, 3.8) is 0 Å². The summed E-state index contributed by atoms with van der Waals surface area (Å²) in [5, 5.41) is 1.53. The average Bonchev–Trinajstić information content (AvgIpc) is 2.77. The van der Waals surface area contributed by atoms with Crippen molar-refractivity contribution in [2.24, 2.45) is 0 Å². The fourth-order valence-electron chi connectivity index (χ4n) is 3.56. The molecule has 30 heavy (non-hydrogen) atoms. The molecule has 0 saturated carbocycles. The van der Waals surface area contributed by atoms with Gasteiger partial charge in [-0.1, -0.05) is 24.3 Å². The largest absolute Gasteiger partial charge is 0.469 e. The summed E-state index contributed by atoms with van der Waals surface area (Å²) in [4.78, 5) is 52.1. The second kappa shape index (κ2) is 9.49. The zero-order chi connectivity index (χ0) is 21.7. The van der Waals surface area contributed by atoms with E-state index in [9.17, 15) is 19.2 Å². The highest BCUT2D eigenvalue weighted by molar-refractivity contribution is 6.25. The van der Waals surface area contributed by atoms with Crippen molar-refractivity contribution in [3.05, 3.63) is 47.5 Å². The van der Waals surface area contributed by atoms with Crippen LogP contribution >= 0.6 is 0 Å². The van der Waals surface area contributed by atoms with Crippen LogP contribution in [0.5, 0.6) is 0 Å². The molecule has 0 unspecified atom stereocenters. The van der Waals surface area contributed by atoms with Crippen LogP contribution in [-0.4, -0.2) is 74.0 Å². The zero-order valence-electron chi connectivity index (χ0n) is 17.1. The van der Waals surface area contributed by atoms with E-state index < -0.39 is 0 Å². The Balaban J connectivity index is 1.74. The summed E-state index contributed by atoms with van der Waals surface area (Å²) in [5.41, 5.74) is 0.997. The van der Waals surface area contributed by atoms with Crippen LogP contribution in [0.4, 0.5) is 0 Å². The standard InChI is InChI=1S/C22H24N2O6/c1-29-18(25)9-11-23(12-10-19(26)30-2)13-14-24-21(27)16-7-3-5-15-6-4-8-17(20(15)16)22(24)28/h3-8H,9-14H2,1-2H3. The summed E-state index contributed by atoms with van der Waals surface area (Å²) in [6.45, 7) is 1.15. The molecule has 0 bridgehead atoms. The molecule has 0 aromatic heterocycles. The van der Waals surface area contributed by atoms with E-state index in [1.807, 2.05) is 17.0 Å². The highest BCUT2D eigenvalue weighted by Crippen LogP contribution is 2.29. The van der Waals surface area contributed by atoms with Crippen LogP contribution in [0.1, 0.15) is 33.6 Å². The van der Waals surface area contributed by atoms with E-state index >= 15 is 0 Å². The molecule has 1 aliphatic rings. The lowest BCUT2D eigenvalue weighted by Gasteiger charge is -2.30. The number of nitrogens with zero attached hydrogens (tertiary/aromatic N) is 2. The average molecular weight is 412 g/mol. The molecule has 2 aromatic rings. The molecule has 0 N–H and O–H groups in total. The number of carbonyl (C=O) groups excluding carboxylic acids is 4. The Morgan fingerprint density at radius 2 is 1.33 bits per heavy atom. The quantitative estimate of drug-likeness (QED) is 0.458. The molecule has 0 aliphatic carbocycles. The number of ether oxygens (including phenoxy) is 2. The Labute approximate surface area is 174 Å². The first-order valence-corrected chi connectivity index (χ1v) is 9.70. The second-order valence-corrected chi connectivity index (χ2v) is 6.97. The molecule has 0 spiro atoms. The van der Waals surface area contributed by atoms with Crippen LogP contribution in [0.2, 0.25) is 0 Å². The lowest BCUT2D eigenvalue weighted by Crippen LogP contribution is -2.45. The first-order valence-electron chi connectivity index (χ1n) is 9.70. The van der Waals surface area contributed by atoms with E-state index in [4.69, 9.17) is 0 Å². The van der Waals surface area contributed by atoms with Gasteiger partial charge in [-0.15, -0.1) is 0 Å². The molecule has 2 aromatic carbocycles. The molecule has 3 rings (SSSR count). The van der Waals surface area contributed by atoms with Gasteiger partial charge < -0.3 is 14.4 Å².